The molecule has 0 amide bonds. The number of benzene rings is 3. The molecule has 0 fully saturated rings. The number of hydrogen-bond donors (Lipinski definition) is 1. The molecule has 26 heavy (non-hydrogen) atoms. The first-order chi connectivity index (χ1) is 12.7. The number of hydrogen-bond acceptors (Lipinski definition) is 3. The van der Waals surface area contributed by atoms with Gasteiger partial charge in [-0.15, -0.1) is 0 Å². The summed E-state index contributed by atoms with van der Waals surface area (Å²) in [5.74, 6) is 0.742. The van der Waals surface area contributed by atoms with Gasteiger partial charge in [0.05, 0.1) is 11.0 Å². The molecule has 0 bridgehead atoms. The fourth-order valence-electron chi connectivity index (χ4n) is 2.77. The molecule has 3 nitrogen and oxygen atoms in total. The van der Waals surface area contributed by atoms with E-state index < -0.39 is 0 Å². The predicted octanol–water partition coefficient (Wildman–Crippen LogP) is 5.99. The minimum atomic E-state index is 0.695. The predicted molar refractivity (Wildman–Crippen MR) is 107 cm³/mol. The Labute approximate surface area is 156 Å². The maximum absolute atomic E-state index is 6.10. The minimum Gasteiger partial charge on any atom is -0.456 e. The molecule has 4 rings (SSSR count). The molecule has 4 aromatic rings. The van der Waals surface area contributed by atoms with Gasteiger partial charge in [0, 0.05) is 22.0 Å². The van der Waals surface area contributed by atoms with Gasteiger partial charge in [-0.05, 0) is 55.5 Å². The molecule has 1 heterocycles. The summed E-state index contributed by atoms with van der Waals surface area (Å²) >= 11 is 6.00. The lowest BCUT2D eigenvalue weighted by atomic mass is 10.1. The molecule has 3 aromatic carbocycles. The summed E-state index contributed by atoms with van der Waals surface area (Å²) in [5.41, 5.74) is 6.95. The van der Waals surface area contributed by atoms with Crippen LogP contribution in [-0.4, -0.2) is 0 Å². The van der Waals surface area contributed by atoms with Crippen LogP contribution in [0.5, 0.6) is 0 Å². The summed E-state index contributed by atoms with van der Waals surface area (Å²) in [6, 6.07) is 25.5. The second-order valence-electron chi connectivity index (χ2n) is 6.09. The summed E-state index contributed by atoms with van der Waals surface area (Å²) in [5, 5.41) is 7.10. The number of nitrogens with zero attached hydrogens (tertiary/aromatic N) is 1. The van der Waals surface area contributed by atoms with Crippen LogP contribution in [0.4, 0.5) is 5.69 Å². The molecule has 1 aromatic heterocycles. The zero-order chi connectivity index (χ0) is 17.9. The van der Waals surface area contributed by atoms with Gasteiger partial charge in [0.1, 0.15) is 11.3 Å². The van der Waals surface area contributed by atoms with Crippen LogP contribution in [0.25, 0.3) is 22.3 Å². The molecule has 0 saturated carbocycles. The van der Waals surface area contributed by atoms with E-state index in [0.29, 0.717) is 5.02 Å². The Morgan fingerprint density at radius 1 is 0.885 bits per heavy atom. The van der Waals surface area contributed by atoms with Crippen LogP contribution in [0, 0.1) is 6.92 Å². The van der Waals surface area contributed by atoms with E-state index in [2.05, 4.69) is 23.5 Å². The number of halogens is 1. The Bertz CT molecular complexity index is 1120. The monoisotopic (exact) mass is 360 g/mol. The molecule has 4 heteroatoms. The maximum atomic E-state index is 6.10. The number of nitrogens with one attached hydrogen (secondary N) is 1. The molecule has 0 radical (unpaired) electrons. The van der Waals surface area contributed by atoms with Crippen molar-refractivity contribution in [3.05, 3.63) is 94.8 Å². The molecule has 1 N–H and O–H groups in total. The first-order valence-electron chi connectivity index (χ1n) is 8.34. The highest BCUT2D eigenvalue weighted by molar-refractivity contribution is 6.30. The van der Waals surface area contributed by atoms with E-state index in [0.717, 1.165) is 38.9 Å². The highest BCUT2D eigenvalue weighted by atomic mass is 35.5. The third-order valence-electron chi connectivity index (χ3n) is 4.11. The molecule has 0 aliphatic carbocycles. The van der Waals surface area contributed by atoms with Crippen LogP contribution < -0.4 is 10.8 Å². The summed E-state index contributed by atoms with van der Waals surface area (Å²) in [6.45, 7) is 2.06. The number of aryl methyl sites for hydroxylation is 1. The largest absolute Gasteiger partial charge is 0.456 e. The van der Waals surface area contributed by atoms with Crippen molar-refractivity contribution in [2.45, 2.75) is 6.92 Å². The third kappa shape index (κ3) is 3.48. The van der Waals surface area contributed by atoms with Crippen molar-refractivity contribution in [1.29, 1.82) is 0 Å². The van der Waals surface area contributed by atoms with Crippen LogP contribution in [0.15, 0.2) is 88.4 Å². The van der Waals surface area contributed by atoms with Crippen LogP contribution in [0.1, 0.15) is 5.56 Å². The molecule has 128 valence electrons. The summed E-state index contributed by atoms with van der Waals surface area (Å²) < 4.78 is 6.10. The van der Waals surface area contributed by atoms with Gasteiger partial charge in [0.15, 0.2) is 0 Å². The molecule has 0 aliphatic rings. The standard InChI is InChI=1S/C22H17ClN2O/c1-15-7-12-21-19(13-15)20(25-24-18-5-3-2-4-6-18)14-22(26-21)16-8-10-17(23)11-9-16/h2-14,24H,1H3/b25-20+. The van der Waals surface area contributed by atoms with Crippen molar-refractivity contribution in [3.8, 4) is 11.3 Å². The average Bonchev–Trinajstić information content (AvgIpc) is 2.67. The Balaban J connectivity index is 1.88. The van der Waals surface area contributed by atoms with Crippen molar-refractivity contribution in [2.24, 2.45) is 5.10 Å². The average molecular weight is 361 g/mol. The number of fused-ring (bicyclic) bond motifs is 1. The number of rotatable bonds is 3. The van der Waals surface area contributed by atoms with Gasteiger partial charge in [-0.3, -0.25) is 5.43 Å². The van der Waals surface area contributed by atoms with Crippen molar-refractivity contribution >= 4 is 28.3 Å². The molecule has 0 atom stereocenters. The maximum Gasteiger partial charge on any atom is 0.136 e. The lowest BCUT2D eigenvalue weighted by Gasteiger charge is -2.06. The van der Waals surface area contributed by atoms with Gasteiger partial charge in [0.2, 0.25) is 0 Å². The Morgan fingerprint density at radius 2 is 1.65 bits per heavy atom. The third-order valence-corrected chi connectivity index (χ3v) is 4.36. The van der Waals surface area contributed by atoms with Gasteiger partial charge in [0.25, 0.3) is 0 Å². The molecule has 0 unspecified atom stereocenters. The van der Waals surface area contributed by atoms with Crippen LogP contribution in [0.3, 0.4) is 0 Å². The molecule has 0 saturated heterocycles. The van der Waals surface area contributed by atoms with E-state index in [1.165, 1.54) is 0 Å². The van der Waals surface area contributed by atoms with Crippen LogP contribution in [0.2, 0.25) is 5.02 Å². The van der Waals surface area contributed by atoms with Crippen molar-refractivity contribution in [1.82, 2.24) is 0 Å². The second kappa shape index (κ2) is 7.06. The SMILES string of the molecule is Cc1ccc2oc(-c3ccc(Cl)cc3)c/c(=N\Nc3ccccc3)c2c1. The Kier molecular flexibility index (Phi) is 4.46. The van der Waals surface area contributed by atoms with Gasteiger partial charge >= 0.3 is 0 Å². The van der Waals surface area contributed by atoms with Gasteiger partial charge < -0.3 is 4.42 Å². The van der Waals surface area contributed by atoms with Crippen molar-refractivity contribution < 1.29 is 4.42 Å². The van der Waals surface area contributed by atoms with Crippen molar-refractivity contribution in [3.63, 3.8) is 0 Å². The number of anilines is 1. The van der Waals surface area contributed by atoms with Gasteiger partial charge in [-0.1, -0.05) is 41.4 Å². The second-order valence-corrected chi connectivity index (χ2v) is 6.53. The lowest BCUT2D eigenvalue weighted by molar-refractivity contribution is 0.618. The smallest absolute Gasteiger partial charge is 0.136 e. The normalized spacial score (nSPS) is 11.7. The Morgan fingerprint density at radius 3 is 2.42 bits per heavy atom. The van der Waals surface area contributed by atoms with E-state index in [-0.39, 0.29) is 0 Å². The molecular formula is C22H17ClN2O. The van der Waals surface area contributed by atoms with Gasteiger partial charge in [-0.25, -0.2) is 0 Å². The molecule has 0 spiro atoms. The summed E-state index contributed by atoms with van der Waals surface area (Å²) in [7, 11) is 0. The first-order valence-corrected chi connectivity index (χ1v) is 8.72. The number of para-hydroxylation sites is 1. The quantitative estimate of drug-likeness (QED) is 0.456. The fraction of sp³-hybridized carbons (Fsp3) is 0.0455. The van der Waals surface area contributed by atoms with Crippen molar-refractivity contribution in [2.75, 3.05) is 5.43 Å². The topological polar surface area (TPSA) is 37.5 Å². The highest BCUT2D eigenvalue weighted by Gasteiger charge is 2.06. The fourth-order valence-corrected chi connectivity index (χ4v) is 2.90. The van der Waals surface area contributed by atoms with E-state index in [1.807, 2.05) is 72.8 Å². The van der Waals surface area contributed by atoms with E-state index in [9.17, 15) is 0 Å². The van der Waals surface area contributed by atoms with E-state index >= 15 is 0 Å². The van der Waals surface area contributed by atoms with E-state index in [1.54, 1.807) is 0 Å². The zero-order valence-corrected chi connectivity index (χ0v) is 15.0. The van der Waals surface area contributed by atoms with Crippen LogP contribution >= 0.6 is 11.6 Å². The summed E-state index contributed by atoms with van der Waals surface area (Å²) in [4.78, 5) is 0. The van der Waals surface area contributed by atoms with Gasteiger partial charge in [-0.2, -0.15) is 5.10 Å². The Hall–Kier alpha value is -3.04. The van der Waals surface area contributed by atoms with E-state index in [4.69, 9.17) is 16.0 Å². The molecular weight excluding hydrogens is 344 g/mol. The highest BCUT2D eigenvalue weighted by Crippen LogP contribution is 2.24. The first kappa shape index (κ1) is 16.4. The van der Waals surface area contributed by atoms with Crippen LogP contribution in [-0.2, 0) is 0 Å². The summed E-state index contributed by atoms with van der Waals surface area (Å²) in [6.07, 6.45) is 0. The lowest BCUT2D eigenvalue weighted by Crippen LogP contribution is -2.07. The minimum absolute atomic E-state index is 0.695. The zero-order valence-electron chi connectivity index (χ0n) is 14.2. The molecule has 0 aliphatic heterocycles.